The predicted octanol–water partition coefficient (Wildman–Crippen LogP) is 2.89. The van der Waals surface area contributed by atoms with E-state index < -0.39 is 0 Å². The molecule has 1 fully saturated rings. The van der Waals surface area contributed by atoms with Crippen LogP contribution >= 0.6 is 11.6 Å². The second kappa shape index (κ2) is 7.77. The molecule has 1 aliphatic rings. The lowest BCUT2D eigenvalue weighted by molar-refractivity contribution is -0.134. The molecule has 5 heteroatoms. The lowest BCUT2D eigenvalue weighted by Crippen LogP contribution is -2.42. The highest BCUT2D eigenvalue weighted by molar-refractivity contribution is 6.30. The van der Waals surface area contributed by atoms with Crippen LogP contribution in [-0.4, -0.2) is 43.3 Å². The Bertz CT molecular complexity index is 530. The molecule has 1 unspecified atom stereocenters. The van der Waals surface area contributed by atoms with E-state index in [0.29, 0.717) is 37.9 Å². The number of carbonyl (C=O) groups excluding carboxylic acids is 1. The van der Waals surface area contributed by atoms with Crippen molar-refractivity contribution in [2.24, 2.45) is 0 Å². The minimum absolute atomic E-state index is 0.0921. The zero-order valence-electron chi connectivity index (χ0n) is 13.1. The highest BCUT2D eigenvalue weighted by atomic mass is 35.5. The number of rotatable bonds is 5. The molecule has 1 saturated heterocycles. The Balaban J connectivity index is 2.16. The SMILES string of the molecule is C=CC(=O)N(Cc1c(C)cc(Cl)cc1C)CC1COCCO1. The summed E-state index contributed by atoms with van der Waals surface area (Å²) >= 11 is 6.07. The molecule has 0 aromatic heterocycles. The van der Waals surface area contributed by atoms with E-state index in [9.17, 15) is 4.79 Å². The van der Waals surface area contributed by atoms with Crippen molar-refractivity contribution in [2.75, 3.05) is 26.4 Å². The molecule has 1 aromatic carbocycles. The molecule has 0 radical (unpaired) electrons. The maximum Gasteiger partial charge on any atom is 0.246 e. The molecule has 1 aromatic rings. The maximum atomic E-state index is 12.2. The minimum atomic E-state index is -0.108. The number of hydrogen-bond donors (Lipinski definition) is 0. The molecule has 120 valence electrons. The molecular weight excluding hydrogens is 302 g/mol. The third-order valence-corrected chi connectivity index (χ3v) is 4.02. The maximum absolute atomic E-state index is 12.2. The molecule has 1 heterocycles. The summed E-state index contributed by atoms with van der Waals surface area (Å²) in [6, 6.07) is 3.83. The number of ether oxygens (including phenoxy) is 2. The van der Waals surface area contributed by atoms with E-state index in [4.69, 9.17) is 21.1 Å². The molecule has 4 nitrogen and oxygen atoms in total. The lowest BCUT2D eigenvalue weighted by Gasteiger charge is -2.30. The van der Waals surface area contributed by atoms with Crippen molar-refractivity contribution in [1.29, 1.82) is 0 Å². The number of carbonyl (C=O) groups is 1. The first kappa shape index (κ1) is 17.0. The highest BCUT2D eigenvalue weighted by Gasteiger charge is 2.22. The smallest absolute Gasteiger partial charge is 0.246 e. The Hall–Kier alpha value is -1.36. The van der Waals surface area contributed by atoms with Gasteiger partial charge in [0.15, 0.2) is 0 Å². The molecule has 0 N–H and O–H groups in total. The van der Waals surface area contributed by atoms with E-state index in [2.05, 4.69) is 6.58 Å². The number of nitrogens with zero attached hydrogens (tertiary/aromatic N) is 1. The van der Waals surface area contributed by atoms with E-state index in [1.807, 2.05) is 26.0 Å². The number of amides is 1. The summed E-state index contributed by atoms with van der Waals surface area (Å²) in [6.45, 7) is 10.3. The number of aryl methyl sites for hydroxylation is 2. The van der Waals surface area contributed by atoms with Gasteiger partial charge in [0.1, 0.15) is 0 Å². The Morgan fingerprint density at radius 3 is 2.64 bits per heavy atom. The summed E-state index contributed by atoms with van der Waals surface area (Å²) in [7, 11) is 0. The van der Waals surface area contributed by atoms with Crippen molar-refractivity contribution in [3.63, 3.8) is 0 Å². The molecule has 2 rings (SSSR count). The Morgan fingerprint density at radius 1 is 1.41 bits per heavy atom. The van der Waals surface area contributed by atoms with Crippen molar-refractivity contribution in [3.8, 4) is 0 Å². The first-order valence-electron chi connectivity index (χ1n) is 7.37. The fourth-order valence-corrected chi connectivity index (χ4v) is 2.96. The minimum Gasteiger partial charge on any atom is -0.376 e. The zero-order valence-corrected chi connectivity index (χ0v) is 13.9. The van der Waals surface area contributed by atoms with Gasteiger partial charge in [0, 0.05) is 18.1 Å². The monoisotopic (exact) mass is 323 g/mol. The third kappa shape index (κ3) is 4.32. The average molecular weight is 324 g/mol. The Morgan fingerprint density at radius 2 is 2.09 bits per heavy atom. The van der Waals surface area contributed by atoms with Crippen LogP contribution in [0.5, 0.6) is 0 Å². The molecule has 1 amide bonds. The van der Waals surface area contributed by atoms with Gasteiger partial charge >= 0.3 is 0 Å². The average Bonchev–Trinajstić information content (AvgIpc) is 2.49. The van der Waals surface area contributed by atoms with Crippen LogP contribution in [0.3, 0.4) is 0 Å². The highest BCUT2D eigenvalue weighted by Crippen LogP contribution is 2.22. The van der Waals surface area contributed by atoms with E-state index >= 15 is 0 Å². The van der Waals surface area contributed by atoms with Gasteiger partial charge in [0.2, 0.25) is 5.91 Å². The van der Waals surface area contributed by atoms with Crippen LogP contribution in [0.25, 0.3) is 0 Å². The van der Waals surface area contributed by atoms with Crippen molar-refractivity contribution in [3.05, 3.63) is 46.5 Å². The van der Waals surface area contributed by atoms with Gasteiger partial charge in [-0.15, -0.1) is 0 Å². The summed E-state index contributed by atoms with van der Waals surface area (Å²) in [4.78, 5) is 13.9. The van der Waals surface area contributed by atoms with Gasteiger partial charge in [-0.25, -0.2) is 0 Å². The molecule has 0 saturated carbocycles. The summed E-state index contributed by atoms with van der Waals surface area (Å²) in [5, 5.41) is 0.712. The summed E-state index contributed by atoms with van der Waals surface area (Å²) < 4.78 is 11.0. The Kier molecular flexibility index (Phi) is 6.00. The lowest BCUT2D eigenvalue weighted by atomic mass is 10.0. The molecular formula is C17H22ClNO3. The summed E-state index contributed by atoms with van der Waals surface area (Å²) in [5.74, 6) is -0.108. The van der Waals surface area contributed by atoms with Crippen LogP contribution in [0.1, 0.15) is 16.7 Å². The molecule has 0 aliphatic carbocycles. The fraction of sp³-hybridized carbons (Fsp3) is 0.471. The van der Waals surface area contributed by atoms with Gasteiger partial charge in [0.05, 0.1) is 25.9 Å². The predicted molar refractivity (Wildman–Crippen MR) is 87.1 cm³/mol. The zero-order chi connectivity index (χ0) is 16.1. The summed E-state index contributed by atoms with van der Waals surface area (Å²) in [5.41, 5.74) is 3.26. The second-order valence-electron chi connectivity index (χ2n) is 5.51. The van der Waals surface area contributed by atoms with Crippen molar-refractivity contribution in [2.45, 2.75) is 26.5 Å². The van der Waals surface area contributed by atoms with Gasteiger partial charge in [-0.3, -0.25) is 4.79 Å². The fourth-order valence-electron chi connectivity index (χ4n) is 2.63. The third-order valence-electron chi connectivity index (χ3n) is 3.81. The van der Waals surface area contributed by atoms with Crippen LogP contribution in [-0.2, 0) is 20.8 Å². The van der Waals surface area contributed by atoms with Crippen molar-refractivity contribution in [1.82, 2.24) is 4.90 Å². The van der Waals surface area contributed by atoms with E-state index in [0.717, 1.165) is 16.7 Å². The number of hydrogen-bond acceptors (Lipinski definition) is 3. The molecule has 1 atom stereocenters. The van der Waals surface area contributed by atoms with Crippen molar-refractivity contribution >= 4 is 17.5 Å². The van der Waals surface area contributed by atoms with Crippen LogP contribution in [0, 0.1) is 13.8 Å². The number of halogens is 1. The molecule has 22 heavy (non-hydrogen) atoms. The van der Waals surface area contributed by atoms with E-state index in [-0.39, 0.29) is 12.0 Å². The van der Waals surface area contributed by atoms with Crippen molar-refractivity contribution < 1.29 is 14.3 Å². The Labute approximate surface area is 136 Å². The molecule has 0 spiro atoms. The largest absolute Gasteiger partial charge is 0.376 e. The second-order valence-corrected chi connectivity index (χ2v) is 5.95. The standard InChI is InChI=1S/C17H22ClNO3/c1-4-17(20)19(9-15-11-21-5-6-22-15)10-16-12(2)7-14(18)8-13(16)3/h4,7-8,15H,1,5-6,9-11H2,2-3H3. The first-order chi connectivity index (χ1) is 10.5. The van der Waals surface area contributed by atoms with Gasteiger partial charge < -0.3 is 14.4 Å². The normalized spacial score (nSPS) is 18.0. The van der Waals surface area contributed by atoms with E-state index in [1.54, 1.807) is 4.90 Å². The number of benzene rings is 1. The van der Waals surface area contributed by atoms with Gasteiger partial charge in [-0.2, -0.15) is 0 Å². The topological polar surface area (TPSA) is 38.8 Å². The van der Waals surface area contributed by atoms with Gasteiger partial charge in [-0.1, -0.05) is 18.2 Å². The first-order valence-corrected chi connectivity index (χ1v) is 7.75. The molecule has 0 bridgehead atoms. The van der Waals surface area contributed by atoms with Crippen LogP contribution in [0.2, 0.25) is 5.02 Å². The summed E-state index contributed by atoms with van der Waals surface area (Å²) in [6.07, 6.45) is 1.25. The van der Waals surface area contributed by atoms with Crippen LogP contribution < -0.4 is 0 Å². The van der Waals surface area contributed by atoms with Gasteiger partial charge in [-0.05, 0) is 48.7 Å². The molecule has 1 aliphatic heterocycles. The quantitative estimate of drug-likeness (QED) is 0.782. The van der Waals surface area contributed by atoms with E-state index in [1.165, 1.54) is 6.08 Å². The van der Waals surface area contributed by atoms with Crippen LogP contribution in [0.15, 0.2) is 24.8 Å². The van der Waals surface area contributed by atoms with Crippen LogP contribution in [0.4, 0.5) is 0 Å². The van der Waals surface area contributed by atoms with Gasteiger partial charge in [0.25, 0.3) is 0 Å².